The van der Waals surface area contributed by atoms with Gasteiger partial charge in [-0.05, 0) is 245 Å². The Balaban J connectivity index is 0.000000617. The lowest BCUT2D eigenvalue weighted by atomic mass is 9.80. The number of halogens is 5. The van der Waals surface area contributed by atoms with Crippen LogP contribution in [0.25, 0.3) is 0 Å². The number of rotatable bonds is 30. The number of unbranched alkanes of at least 4 members (excludes halogenated alkanes) is 5. The Morgan fingerprint density at radius 1 is 0.210 bits per heavy atom. The predicted octanol–water partition coefficient (Wildman–Crippen LogP) is 28.9. The number of ether oxygens (including phenoxy) is 5. The summed E-state index contributed by atoms with van der Waals surface area (Å²) in [5, 5.41) is 0. The molecule has 0 bridgehead atoms. The SMILES string of the molecule is CCCCC1CCC(COc2ccc([S])cc2)CC1.CCCCC1CCC(COc2ccc([S])cc2)CC1.CCCCC1CCC(COc2ccc([S])cc2)CC1.CCCCC1CCC(COc2ccc([S])cc2)CC1.CCCCC1CCC(COc2ccc([S])cc2)CC1.F.F.F.F.F. The molecule has 5 fully saturated rings. The van der Waals surface area contributed by atoms with Crippen LogP contribution in [-0.4, -0.2) is 33.0 Å². The van der Waals surface area contributed by atoms with Gasteiger partial charge in [-0.1, -0.05) is 258 Å². The van der Waals surface area contributed by atoms with Gasteiger partial charge in [0, 0.05) is 24.5 Å². The van der Waals surface area contributed by atoms with Crippen LogP contribution in [-0.2, 0) is 0 Å². The minimum absolute atomic E-state index is 0. The van der Waals surface area contributed by atoms with Crippen LogP contribution in [0.3, 0.4) is 0 Å². The summed E-state index contributed by atoms with van der Waals surface area (Å²) in [4.78, 5) is 4.39. The number of hydrogen-bond acceptors (Lipinski definition) is 5. The van der Waals surface area contributed by atoms with Crippen LogP contribution in [0.4, 0.5) is 23.5 Å². The van der Waals surface area contributed by atoms with Crippen molar-refractivity contribution in [3.05, 3.63) is 121 Å². The second-order valence-corrected chi connectivity index (χ2v) is 31.4. The van der Waals surface area contributed by atoms with Crippen LogP contribution in [0.2, 0.25) is 0 Å². The van der Waals surface area contributed by atoms with E-state index in [1.807, 2.05) is 121 Å². The van der Waals surface area contributed by atoms with Gasteiger partial charge in [-0.3, -0.25) is 23.5 Å². The van der Waals surface area contributed by atoms with E-state index >= 15 is 0 Å². The second kappa shape index (κ2) is 57.2. The highest BCUT2D eigenvalue weighted by atomic mass is 32.1. The molecule has 100 heavy (non-hydrogen) atoms. The van der Waals surface area contributed by atoms with Gasteiger partial charge in [0.15, 0.2) is 0 Å². The first-order chi connectivity index (χ1) is 46.4. The monoisotopic (exact) mass is 1490 g/mol. The van der Waals surface area contributed by atoms with Gasteiger partial charge >= 0.3 is 0 Å². The van der Waals surface area contributed by atoms with Crippen LogP contribution in [0.15, 0.2) is 146 Å². The van der Waals surface area contributed by atoms with Gasteiger partial charge in [0.1, 0.15) is 28.7 Å². The van der Waals surface area contributed by atoms with Gasteiger partial charge in [0.25, 0.3) is 0 Å². The van der Waals surface area contributed by atoms with E-state index in [0.29, 0.717) is 0 Å². The third kappa shape index (κ3) is 40.8. The summed E-state index contributed by atoms with van der Waals surface area (Å²) in [6, 6.07) is 39.2. The predicted molar refractivity (Wildman–Crippen MR) is 426 cm³/mol. The molecule has 5 saturated carbocycles. The van der Waals surface area contributed by atoms with Crippen molar-refractivity contribution >= 4 is 63.1 Å². The third-order valence-corrected chi connectivity index (χ3v) is 22.6. The van der Waals surface area contributed by atoms with Crippen LogP contribution in [0.5, 0.6) is 28.7 Å². The number of hydrogen-bond donors (Lipinski definition) is 0. The quantitative estimate of drug-likeness (QED) is 0.0429. The van der Waals surface area contributed by atoms with Crippen molar-refractivity contribution in [2.45, 2.75) is 284 Å². The largest absolute Gasteiger partial charge is 0.493 e. The van der Waals surface area contributed by atoms with Crippen molar-refractivity contribution in [1.29, 1.82) is 0 Å². The molecule has 0 aliphatic heterocycles. The molecule has 5 aromatic rings. The van der Waals surface area contributed by atoms with Gasteiger partial charge in [-0.2, -0.15) is 0 Å². The summed E-state index contributed by atoms with van der Waals surface area (Å²) >= 11 is 25.4. The van der Waals surface area contributed by atoms with Crippen molar-refractivity contribution < 1.29 is 47.2 Å². The van der Waals surface area contributed by atoms with E-state index in [1.54, 1.807) is 0 Å². The lowest BCUT2D eigenvalue weighted by Crippen LogP contribution is -2.20. The van der Waals surface area contributed by atoms with Crippen molar-refractivity contribution in [2.24, 2.45) is 59.2 Å². The van der Waals surface area contributed by atoms with Crippen molar-refractivity contribution in [3.8, 4) is 28.7 Å². The molecule has 5 aliphatic carbocycles. The fourth-order valence-electron chi connectivity index (χ4n) is 14.6. The van der Waals surface area contributed by atoms with Gasteiger partial charge in [0.05, 0.1) is 33.0 Å². The van der Waals surface area contributed by atoms with Gasteiger partial charge < -0.3 is 23.7 Å². The Morgan fingerprint density at radius 2 is 0.330 bits per heavy atom. The summed E-state index contributed by atoms with van der Waals surface area (Å²) in [6.07, 6.45) is 48.3. The molecule has 5 radical (unpaired) electrons. The molecule has 0 heterocycles. The average molecular weight is 1490 g/mol. The summed E-state index contributed by atoms with van der Waals surface area (Å²) in [5.74, 6) is 13.5. The van der Waals surface area contributed by atoms with Crippen LogP contribution >= 0.6 is 63.1 Å². The Morgan fingerprint density at radius 3 is 0.450 bits per heavy atom. The minimum Gasteiger partial charge on any atom is -0.493 e. The van der Waals surface area contributed by atoms with Crippen LogP contribution < -0.4 is 23.7 Å². The maximum absolute atomic E-state index is 5.87. The maximum Gasteiger partial charge on any atom is 0.119 e. The van der Waals surface area contributed by atoms with E-state index in [0.717, 1.165) is 145 Å². The molecule has 0 spiro atoms. The average Bonchev–Trinajstić information content (AvgIpc) is 1.06. The first-order valence-corrected chi connectivity index (χ1v) is 40.4. The molecule has 5 aliphatic rings. The van der Waals surface area contributed by atoms with E-state index in [1.165, 1.54) is 225 Å². The maximum atomic E-state index is 5.87. The molecule has 0 amide bonds. The zero-order valence-electron chi connectivity index (χ0n) is 61.7. The summed E-state index contributed by atoms with van der Waals surface area (Å²) < 4.78 is 29.4. The zero-order chi connectivity index (χ0) is 67.5. The van der Waals surface area contributed by atoms with Crippen molar-refractivity contribution in [3.63, 3.8) is 0 Å². The standard InChI is InChI=1S/5C17H25OS.5FH/c5*1-2-3-4-14-5-7-15(8-6-14)13-18-16-9-11-17(19)12-10-16;;;;;/h5*9-12,14-15H,2-8,13H2,1H3;5*1H. The fraction of sp³-hybridized carbons (Fsp3) is 0.647. The van der Waals surface area contributed by atoms with Crippen LogP contribution in [0.1, 0.15) is 259 Å². The highest BCUT2D eigenvalue weighted by Crippen LogP contribution is 2.37. The normalized spacial score (nSPS) is 22.1. The van der Waals surface area contributed by atoms with Gasteiger partial charge in [0.2, 0.25) is 0 Å². The smallest absolute Gasteiger partial charge is 0.119 e. The van der Waals surface area contributed by atoms with Gasteiger partial charge in [-0.25, -0.2) is 0 Å². The summed E-state index contributed by atoms with van der Waals surface area (Å²) in [5.41, 5.74) is 0. The molecule has 0 atom stereocenters. The molecule has 5 aromatic carbocycles. The first kappa shape index (κ1) is 93.9. The third-order valence-electron chi connectivity index (χ3n) is 21.2. The second-order valence-electron chi connectivity index (χ2n) is 29.1. The zero-order valence-corrected chi connectivity index (χ0v) is 65.8. The molecule has 0 unspecified atom stereocenters. The molecular formula is C85H130F5O5S5. The van der Waals surface area contributed by atoms with E-state index in [2.05, 4.69) is 34.6 Å². The topological polar surface area (TPSA) is 46.2 Å². The molecule has 5 nitrogen and oxygen atoms in total. The van der Waals surface area contributed by atoms with E-state index in [9.17, 15) is 0 Å². The summed E-state index contributed by atoms with van der Waals surface area (Å²) in [6.45, 7) is 15.8. The Kier molecular flexibility index (Phi) is 53.7. The summed E-state index contributed by atoms with van der Waals surface area (Å²) in [7, 11) is 0. The van der Waals surface area contributed by atoms with E-state index in [-0.39, 0.29) is 23.5 Å². The van der Waals surface area contributed by atoms with Crippen molar-refractivity contribution in [2.75, 3.05) is 33.0 Å². The van der Waals surface area contributed by atoms with E-state index in [4.69, 9.17) is 86.8 Å². The molecule has 10 rings (SSSR count). The molecule has 15 heteroatoms. The molecular weight excluding hydrogens is 1360 g/mol. The lowest BCUT2D eigenvalue weighted by molar-refractivity contribution is 0.178. The Hall–Kier alpha value is -4.15. The molecule has 565 valence electrons. The molecule has 0 saturated heterocycles. The number of benzene rings is 5. The molecule has 0 N–H and O–H groups in total. The van der Waals surface area contributed by atoms with Crippen LogP contribution in [0, 0.1) is 59.2 Å². The highest BCUT2D eigenvalue weighted by molar-refractivity contribution is 7.81. The Labute approximate surface area is 632 Å². The minimum atomic E-state index is 0. The molecule has 0 aromatic heterocycles. The lowest BCUT2D eigenvalue weighted by Gasteiger charge is -2.28. The Bertz CT molecular complexity index is 2220. The first-order valence-electron chi connectivity index (χ1n) is 38.4. The van der Waals surface area contributed by atoms with Crippen molar-refractivity contribution in [1.82, 2.24) is 0 Å². The highest BCUT2D eigenvalue weighted by Gasteiger charge is 2.26. The van der Waals surface area contributed by atoms with E-state index < -0.39 is 0 Å². The van der Waals surface area contributed by atoms with Gasteiger partial charge in [-0.15, -0.1) is 0 Å². The fourth-order valence-corrected chi connectivity index (χ4v) is 15.3.